The van der Waals surface area contributed by atoms with Crippen LogP contribution in [0, 0.1) is 5.41 Å². The number of alkyl halides is 3. The number of amides is 1. The van der Waals surface area contributed by atoms with Crippen LogP contribution in [-0.2, 0) is 23.8 Å². The molecule has 172 valence electrons. The molecule has 0 bridgehead atoms. The van der Waals surface area contributed by atoms with Crippen molar-refractivity contribution in [1.29, 1.82) is 0 Å². The van der Waals surface area contributed by atoms with Crippen LogP contribution in [0.15, 0.2) is 0 Å². The number of hydrogen-bond donors (Lipinski definition) is 1. The largest absolute Gasteiger partial charge is 0.490 e. The van der Waals surface area contributed by atoms with Gasteiger partial charge < -0.3 is 24.2 Å². The Bertz CT molecular complexity index is 608. The maximum atomic E-state index is 13.3. The third-order valence-electron chi connectivity index (χ3n) is 6.32. The number of aliphatic carboxylic acids is 1. The van der Waals surface area contributed by atoms with Gasteiger partial charge in [-0.15, -0.1) is 0 Å². The number of rotatable bonds is 2. The number of likely N-dealkylation sites (tertiary alicyclic amines) is 1. The molecule has 0 saturated carbocycles. The van der Waals surface area contributed by atoms with Gasteiger partial charge in [0.15, 0.2) is 0 Å². The maximum Gasteiger partial charge on any atom is 0.490 e. The van der Waals surface area contributed by atoms with E-state index in [2.05, 4.69) is 4.90 Å². The van der Waals surface area contributed by atoms with E-state index in [9.17, 15) is 18.0 Å². The number of hydrogen-bond acceptors (Lipinski definition) is 6. The molecule has 1 N–H and O–H groups in total. The number of morpholine rings is 1. The van der Waals surface area contributed by atoms with Crippen LogP contribution < -0.4 is 0 Å². The zero-order valence-corrected chi connectivity index (χ0v) is 16.9. The summed E-state index contributed by atoms with van der Waals surface area (Å²) in [6, 6.07) is 0.569. The number of halogens is 3. The Labute approximate surface area is 173 Å². The molecule has 0 unspecified atom stereocenters. The molecule has 0 aromatic carbocycles. The molecule has 11 heteroatoms. The molecule has 4 saturated heterocycles. The third-order valence-corrected chi connectivity index (χ3v) is 6.32. The zero-order valence-electron chi connectivity index (χ0n) is 16.9. The molecule has 0 aromatic heterocycles. The summed E-state index contributed by atoms with van der Waals surface area (Å²) in [7, 11) is 0. The first-order valence-electron chi connectivity index (χ1n) is 10.3. The molecule has 0 spiro atoms. The van der Waals surface area contributed by atoms with E-state index >= 15 is 0 Å². The smallest absolute Gasteiger partial charge is 0.475 e. The average Bonchev–Trinajstić information content (AvgIpc) is 3.18. The van der Waals surface area contributed by atoms with Gasteiger partial charge in [-0.1, -0.05) is 0 Å². The van der Waals surface area contributed by atoms with E-state index in [1.54, 1.807) is 0 Å². The number of nitrogens with zero attached hydrogens (tertiary/aromatic N) is 2. The Balaban J connectivity index is 0.000000318. The number of ether oxygens (including phenoxy) is 3. The number of carboxylic acid groups (broad SMARTS) is 1. The van der Waals surface area contributed by atoms with E-state index in [-0.39, 0.29) is 11.5 Å². The standard InChI is InChI=1S/C17H28N2O4.C2HF3O2/c20-16(18-6-11-22-12-7-18)17-4-10-23-15(17)1-5-19(13-17)14-2-8-21-9-3-14;3-2(4,5)1(6)7/h14-15H,1-13H2;(H,6,7)/t15-,17-;/m1./s1. The van der Waals surface area contributed by atoms with Gasteiger partial charge in [0.1, 0.15) is 0 Å². The van der Waals surface area contributed by atoms with Gasteiger partial charge in [0, 0.05) is 52.0 Å². The summed E-state index contributed by atoms with van der Waals surface area (Å²) in [5.41, 5.74) is -0.326. The second-order valence-electron chi connectivity index (χ2n) is 8.08. The SMILES string of the molecule is O=C(N1CCOCC1)[C@@]12CCO[C@@H]1CCN(C1CCOCC1)C2.O=C(O)C(F)(F)F. The minimum absolute atomic E-state index is 0.105. The first kappa shape index (κ1) is 23.2. The Morgan fingerprint density at radius 2 is 1.53 bits per heavy atom. The minimum Gasteiger partial charge on any atom is -0.475 e. The molecule has 4 aliphatic rings. The summed E-state index contributed by atoms with van der Waals surface area (Å²) < 4.78 is 48.6. The summed E-state index contributed by atoms with van der Waals surface area (Å²) in [6.07, 6.45) is -0.948. The van der Waals surface area contributed by atoms with Crippen LogP contribution in [0.3, 0.4) is 0 Å². The van der Waals surface area contributed by atoms with E-state index in [0.717, 1.165) is 71.7 Å². The highest BCUT2D eigenvalue weighted by Gasteiger charge is 2.55. The van der Waals surface area contributed by atoms with E-state index in [1.807, 2.05) is 4.90 Å². The molecule has 4 heterocycles. The van der Waals surface area contributed by atoms with Crippen molar-refractivity contribution in [3.63, 3.8) is 0 Å². The van der Waals surface area contributed by atoms with Gasteiger partial charge in [0.2, 0.25) is 5.91 Å². The second kappa shape index (κ2) is 9.80. The summed E-state index contributed by atoms with van der Waals surface area (Å²) in [6.45, 7) is 7.12. The molecule has 4 fully saturated rings. The predicted octanol–water partition coefficient (Wildman–Crippen LogP) is 1.14. The number of piperidine rings is 1. The lowest BCUT2D eigenvalue weighted by Gasteiger charge is -2.48. The molecule has 0 aromatic rings. The van der Waals surface area contributed by atoms with Gasteiger partial charge in [0.25, 0.3) is 0 Å². The van der Waals surface area contributed by atoms with Gasteiger partial charge in [-0.2, -0.15) is 13.2 Å². The van der Waals surface area contributed by atoms with E-state index in [1.165, 1.54) is 0 Å². The fourth-order valence-electron chi connectivity index (χ4n) is 4.72. The van der Waals surface area contributed by atoms with Gasteiger partial charge in [0.05, 0.1) is 24.7 Å². The molecule has 4 rings (SSSR count). The molecule has 30 heavy (non-hydrogen) atoms. The lowest BCUT2D eigenvalue weighted by Crippen LogP contribution is -2.61. The molecule has 4 aliphatic heterocycles. The minimum atomic E-state index is -5.08. The fraction of sp³-hybridized carbons (Fsp3) is 0.895. The van der Waals surface area contributed by atoms with Crippen LogP contribution in [0.5, 0.6) is 0 Å². The number of carboxylic acids is 1. The first-order valence-corrected chi connectivity index (χ1v) is 10.3. The fourth-order valence-corrected chi connectivity index (χ4v) is 4.72. The van der Waals surface area contributed by atoms with Crippen LogP contribution in [-0.4, -0.2) is 104 Å². The van der Waals surface area contributed by atoms with Gasteiger partial charge in [-0.05, 0) is 25.7 Å². The summed E-state index contributed by atoms with van der Waals surface area (Å²) >= 11 is 0. The van der Waals surface area contributed by atoms with Crippen LogP contribution in [0.2, 0.25) is 0 Å². The first-order chi connectivity index (χ1) is 14.2. The number of carbonyl (C=O) groups excluding carboxylic acids is 1. The van der Waals surface area contributed by atoms with Crippen molar-refractivity contribution in [2.75, 3.05) is 59.2 Å². The van der Waals surface area contributed by atoms with Crippen LogP contribution >= 0.6 is 0 Å². The van der Waals surface area contributed by atoms with Crippen molar-refractivity contribution in [2.24, 2.45) is 5.41 Å². The lowest BCUT2D eigenvalue weighted by molar-refractivity contribution is -0.192. The Morgan fingerprint density at radius 1 is 0.933 bits per heavy atom. The molecule has 1 amide bonds. The maximum absolute atomic E-state index is 13.3. The van der Waals surface area contributed by atoms with Crippen molar-refractivity contribution < 1.29 is 42.1 Å². The topological polar surface area (TPSA) is 88.5 Å². The average molecular weight is 438 g/mol. The summed E-state index contributed by atoms with van der Waals surface area (Å²) in [5, 5.41) is 7.12. The molecular weight excluding hydrogens is 409 g/mol. The molecule has 0 radical (unpaired) electrons. The van der Waals surface area contributed by atoms with Crippen LogP contribution in [0.4, 0.5) is 13.2 Å². The van der Waals surface area contributed by atoms with Crippen LogP contribution in [0.25, 0.3) is 0 Å². The van der Waals surface area contributed by atoms with Crippen molar-refractivity contribution in [1.82, 2.24) is 9.80 Å². The number of fused-ring (bicyclic) bond motifs is 1. The quantitative estimate of drug-likeness (QED) is 0.692. The van der Waals surface area contributed by atoms with Crippen LogP contribution in [0.1, 0.15) is 25.7 Å². The molecule has 2 atom stereocenters. The van der Waals surface area contributed by atoms with Gasteiger partial charge >= 0.3 is 12.1 Å². The van der Waals surface area contributed by atoms with E-state index in [0.29, 0.717) is 25.2 Å². The van der Waals surface area contributed by atoms with Crippen molar-refractivity contribution in [3.05, 3.63) is 0 Å². The highest BCUT2D eigenvalue weighted by molar-refractivity contribution is 5.84. The van der Waals surface area contributed by atoms with Gasteiger partial charge in [-0.3, -0.25) is 9.69 Å². The second-order valence-corrected chi connectivity index (χ2v) is 8.08. The Morgan fingerprint density at radius 3 is 2.13 bits per heavy atom. The Kier molecular flexibility index (Phi) is 7.59. The van der Waals surface area contributed by atoms with Gasteiger partial charge in [-0.25, -0.2) is 4.79 Å². The third kappa shape index (κ3) is 5.24. The number of carbonyl (C=O) groups is 2. The Hall–Kier alpha value is -1.43. The van der Waals surface area contributed by atoms with Crippen molar-refractivity contribution in [2.45, 2.75) is 44.0 Å². The highest BCUT2D eigenvalue weighted by atomic mass is 19.4. The van der Waals surface area contributed by atoms with E-state index < -0.39 is 12.1 Å². The van der Waals surface area contributed by atoms with Crippen molar-refractivity contribution >= 4 is 11.9 Å². The monoisotopic (exact) mass is 438 g/mol. The summed E-state index contributed by atoms with van der Waals surface area (Å²) in [4.78, 5) is 26.8. The normalized spacial score (nSPS) is 30.9. The predicted molar refractivity (Wildman–Crippen MR) is 97.9 cm³/mol. The molecule has 8 nitrogen and oxygen atoms in total. The molecule has 0 aliphatic carbocycles. The highest BCUT2D eigenvalue weighted by Crippen LogP contribution is 2.43. The van der Waals surface area contributed by atoms with Crippen molar-refractivity contribution in [3.8, 4) is 0 Å². The molecular formula is C19H29F3N2O6. The lowest BCUT2D eigenvalue weighted by atomic mass is 9.74. The zero-order chi connectivity index (χ0) is 21.8. The summed E-state index contributed by atoms with van der Waals surface area (Å²) in [5.74, 6) is -2.45. The van der Waals surface area contributed by atoms with E-state index in [4.69, 9.17) is 24.1 Å².